The predicted octanol–water partition coefficient (Wildman–Crippen LogP) is 1.52. The molecule has 0 unspecified atom stereocenters. The SMILES string of the molecule is O=C1CC[C@H](C(=O)N2CCN(c3ccnc4cc(Cl)ccc34)CC2)NC(=O)N1. The van der Waals surface area contributed by atoms with E-state index in [2.05, 4.69) is 20.5 Å². The van der Waals surface area contributed by atoms with E-state index in [9.17, 15) is 14.4 Å². The minimum absolute atomic E-state index is 0.143. The van der Waals surface area contributed by atoms with Crippen LogP contribution in [0.1, 0.15) is 12.8 Å². The number of carbonyl (C=O) groups excluding carboxylic acids is 3. The largest absolute Gasteiger partial charge is 0.367 e. The molecule has 146 valence electrons. The van der Waals surface area contributed by atoms with Crippen molar-refractivity contribution in [3.05, 3.63) is 35.5 Å². The Morgan fingerprint density at radius 3 is 2.71 bits per heavy atom. The van der Waals surface area contributed by atoms with Gasteiger partial charge in [0.05, 0.1) is 5.52 Å². The number of urea groups is 1. The lowest BCUT2D eigenvalue weighted by Crippen LogP contribution is -2.55. The zero-order valence-electron chi connectivity index (χ0n) is 15.2. The molecule has 0 spiro atoms. The van der Waals surface area contributed by atoms with E-state index in [4.69, 9.17) is 11.6 Å². The van der Waals surface area contributed by atoms with Crippen molar-refractivity contribution in [3.63, 3.8) is 0 Å². The molecule has 0 saturated carbocycles. The first-order chi connectivity index (χ1) is 13.5. The molecule has 28 heavy (non-hydrogen) atoms. The van der Waals surface area contributed by atoms with Crippen molar-refractivity contribution < 1.29 is 14.4 Å². The molecule has 0 bridgehead atoms. The third kappa shape index (κ3) is 3.73. The number of hydrogen-bond acceptors (Lipinski definition) is 5. The number of nitrogens with zero attached hydrogens (tertiary/aromatic N) is 3. The van der Waals surface area contributed by atoms with E-state index in [1.54, 1.807) is 11.1 Å². The van der Waals surface area contributed by atoms with Gasteiger partial charge in [0.1, 0.15) is 6.04 Å². The summed E-state index contributed by atoms with van der Waals surface area (Å²) in [6, 6.07) is 6.34. The summed E-state index contributed by atoms with van der Waals surface area (Å²) in [4.78, 5) is 44.2. The number of carbonyl (C=O) groups is 3. The fraction of sp³-hybridized carbons (Fsp3) is 0.368. The Hall–Kier alpha value is -2.87. The van der Waals surface area contributed by atoms with E-state index < -0.39 is 12.1 Å². The molecule has 1 aromatic carbocycles. The number of halogens is 1. The quantitative estimate of drug-likeness (QED) is 0.795. The average Bonchev–Trinajstić information content (AvgIpc) is 2.87. The third-order valence-corrected chi connectivity index (χ3v) is 5.37. The number of nitrogens with one attached hydrogen (secondary N) is 2. The second-order valence-electron chi connectivity index (χ2n) is 6.92. The zero-order chi connectivity index (χ0) is 19.7. The third-order valence-electron chi connectivity index (χ3n) is 5.13. The minimum Gasteiger partial charge on any atom is -0.367 e. The highest BCUT2D eigenvalue weighted by molar-refractivity contribution is 6.31. The van der Waals surface area contributed by atoms with E-state index in [0.29, 0.717) is 37.6 Å². The summed E-state index contributed by atoms with van der Waals surface area (Å²) in [5, 5.41) is 6.44. The monoisotopic (exact) mass is 401 g/mol. The Balaban J connectivity index is 1.44. The second kappa shape index (κ2) is 7.63. The highest BCUT2D eigenvalue weighted by Crippen LogP contribution is 2.28. The summed E-state index contributed by atoms with van der Waals surface area (Å²) in [5.74, 6) is -0.502. The van der Waals surface area contributed by atoms with Gasteiger partial charge in [-0.1, -0.05) is 11.6 Å². The molecule has 2 aromatic rings. The van der Waals surface area contributed by atoms with Gasteiger partial charge in [0.25, 0.3) is 0 Å². The Bertz CT molecular complexity index is 942. The summed E-state index contributed by atoms with van der Waals surface area (Å²) in [6.07, 6.45) is 2.23. The molecule has 4 amide bonds. The van der Waals surface area contributed by atoms with Crippen molar-refractivity contribution in [1.29, 1.82) is 0 Å². The maximum absolute atomic E-state index is 12.8. The lowest BCUT2D eigenvalue weighted by molar-refractivity contribution is -0.133. The molecule has 0 aliphatic carbocycles. The lowest BCUT2D eigenvalue weighted by atomic mass is 10.1. The highest BCUT2D eigenvalue weighted by atomic mass is 35.5. The van der Waals surface area contributed by atoms with E-state index in [-0.39, 0.29) is 18.2 Å². The number of piperazine rings is 1. The first-order valence-electron chi connectivity index (χ1n) is 9.19. The van der Waals surface area contributed by atoms with Crippen LogP contribution in [0.15, 0.2) is 30.5 Å². The van der Waals surface area contributed by atoms with Gasteiger partial charge in [0.15, 0.2) is 0 Å². The lowest BCUT2D eigenvalue weighted by Gasteiger charge is -2.37. The van der Waals surface area contributed by atoms with Crippen molar-refractivity contribution >= 4 is 46.0 Å². The standard InChI is InChI=1S/C19H20ClN5O3/c20-12-1-2-13-15(11-12)21-6-5-16(13)24-7-9-25(10-8-24)18(27)14-3-4-17(26)23-19(28)22-14/h1-2,5-6,11,14H,3-4,7-10H2,(H2,22,23,26,28)/t14-/m1/s1. The van der Waals surface area contributed by atoms with Crippen LogP contribution in [-0.4, -0.2) is 60.0 Å². The van der Waals surface area contributed by atoms with Gasteiger partial charge in [-0.2, -0.15) is 0 Å². The molecule has 0 radical (unpaired) electrons. The molecule has 1 atom stereocenters. The van der Waals surface area contributed by atoms with Gasteiger partial charge in [-0.25, -0.2) is 4.79 Å². The zero-order valence-corrected chi connectivity index (χ0v) is 15.9. The van der Waals surface area contributed by atoms with Crippen LogP contribution < -0.4 is 15.5 Å². The Morgan fingerprint density at radius 1 is 1.14 bits per heavy atom. The highest BCUT2D eigenvalue weighted by Gasteiger charge is 2.31. The number of rotatable bonds is 2. The molecular weight excluding hydrogens is 382 g/mol. The van der Waals surface area contributed by atoms with Crippen molar-refractivity contribution in [2.24, 2.45) is 0 Å². The van der Waals surface area contributed by atoms with Gasteiger partial charge >= 0.3 is 6.03 Å². The Labute approximate surface area is 166 Å². The first-order valence-corrected chi connectivity index (χ1v) is 9.57. The van der Waals surface area contributed by atoms with Crippen molar-refractivity contribution in [2.45, 2.75) is 18.9 Å². The average molecular weight is 402 g/mol. The van der Waals surface area contributed by atoms with Crippen LogP contribution in [0.25, 0.3) is 10.9 Å². The summed E-state index contributed by atoms with van der Waals surface area (Å²) in [6.45, 7) is 2.44. The first kappa shape index (κ1) is 18.5. The molecule has 2 fully saturated rings. The number of amides is 4. The van der Waals surface area contributed by atoms with Crippen LogP contribution in [0.3, 0.4) is 0 Å². The maximum Gasteiger partial charge on any atom is 0.322 e. The molecule has 1 aromatic heterocycles. The molecule has 3 heterocycles. The molecule has 2 aliphatic rings. The minimum atomic E-state index is -0.665. The second-order valence-corrected chi connectivity index (χ2v) is 7.35. The van der Waals surface area contributed by atoms with E-state index in [0.717, 1.165) is 16.6 Å². The van der Waals surface area contributed by atoms with Crippen LogP contribution in [0.4, 0.5) is 10.5 Å². The van der Waals surface area contributed by atoms with Gasteiger partial charge in [-0.15, -0.1) is 0 Å². The van der Waals surface area contributed by atoms with Gasteiger partial charge in [0, 0.05) is 54.9 Å². The predicted molar refractivity (Wildman–Crippen MR) is 105 cm³/mol. The van der Waals surface area contributed by atoms with Gasteiger partial charge in [-0.05, 0) is 30.7 Å². The summed E-state index contributed by atoms with van der Waals surface area (Å²) < 4.78 is 0. The van der Waals surface area contributed by atoms with Crippen molar-refractivity contribution in [2.75, 3.05) is 31.1 Å². The van der Waals surface area contributed by atoms with Crippen LogP contribution >= 0.6 is 11.6 Å². The number of imide groups is 1. The summed E-state index contributed by atoms with van der Waals surface area (Å²) >= 11 is 6.06. The number of fused-ring (bicyclic) bond motifs is 1. The number of aromatic nitrogens is 1. The van der Waals surface area contributed by atoms with E-state index in [1.165, 1.54) is 0 Å². The number of anilines is 1. The number of pyridine rings is 1. The molecule has 8 nitrogen and oxygen atoms in total. The molecule has 9 heteroatoms. The normalized spacial score (nSPS) is 20.5. The van der Waals surface area contributed by atoms with Crippen LogP contribution in [0.2, 0.25) is 5.02 Å². The smallest absolute Gasteiger partial charge is 0.322 e. The van der Waals surface area contributed by atoms with Gasteiger partial charge in [0.2, 0.25) is 11.8 Å². The maximum atomic E-state index is 12.8. The Kier molecular flexibility index (Phi) is 5.04. The topological polar surface area (TPSA) is 94.6 Å². The molecular formula is C19H20ClN5O3. The molecule has 2 saturated heterocycles. The van der Waals surface area contributed by atoms with Crippen molar-refractivity contribution in [1.82, 2.24) is 20.5 Å². The van der Waals surface area contributed by atoms with E-state index in [1.807, 2.05) is 24.3 Å². The van der Waals surface area contributed by atoms with Crippen LogP contribution in [0, 0.1) is 0 Å². The molecule has 4 rings (SSSR count). The summed E-state index contributed by atoms with van der Waals surface area (Å²) in [7, 11) is 0. The van der Waals surface area contributed by atoms with Crippen LogP contribution in [0.5, 0.6) is 0 Å². The Morgan fingerprint density at radius 2 is 1.93 bits per heavy atom. The number of benzene rings is 1. The van der Waals surface area contributed by atoms with E-state index >= 15 is 0 Å². The fourth-order valence-corrected chi connectivity index (χ4v) is 3.85. The molecule has 2 N–H and O–H groups in total. The van der Waals surface area contributed by atoms with Gasteiger partial charge in [-0.3, -0.25) is 19.9 Å². The summed E-state index contributed by atoms with van der Waals surface area (Å²) in [5.41, 5.74) is 1.90. The van der Waals surface area contributed by atoms with Gasteiger partial charge < -0.3 is 15.1 Å². The van der Waals surface area contributed by atoms with Crippen molar-refractivity contribution in [3.8, 4) is 0 Å². The molecule has 2 aliphatic heterocycles. The number of hydrogen-bond donors (Lipinski definition) is 2. The fourth-order valence-electron chi connectivity index (χ4n) is 3.69. The van der Waals surface area contributed by atoms with Crippen LogP contribution in [-0.2, 0) is 9.59 Å².